The lowest BCUT2D eigenvalue weighted by Gasteiger charge is -2.24. The second kappa shape index (κ2) is 8.63. The van der Waals surface area contributed by atoms with Crippen molar-refractivity contribution in [3.63, 3.8) is 0 Å². The lowest BCUT2D eigenvalue weighted by molar-refractivity contribution is -0.146. The standard InChI is InChI=1S/C23H24N2O5S/c1-2-6-16-10-12-17(13-11-16)20(26)15-30-23(27)19-8-5-14-25(19)22-18-7-3-4-9-21(18)31(28,29)24-22/h3-4,7,9-13,19H,2,5-6,8,14-15H2,1H3/t19-/m0/s1. The summed E-state index contributed by atoms with van der Waals surface area (Å²) >= 11 is 0. The fraction of sp³-hybridized carbons (Fsp3) is 0.348. The van der Waals surface area contributed by atoms with Gasteiger partial charge in [-0.1, -0.05) is 49.7 Å². The fourth-order valence-corrected chi connectivity index (χ4v) is 5.24. The first-order chi connectivity index (χ1) is 14.9. The Morgan fingerprint density at radius 2 is 1.87 bits per heavy atom. The third-order valence-corrected chi connectivity index (χ3v) is 6.89. The van der Waals surface area contributed by atoms with Crippen LogP contribution in [0.2, 0.25) is 0 Å². The molecule has 1 saturated heterocycles. The molecule has 0 bridgehead atoms. The van der Waals surface area contributed by atoms with Crippen LogP contribution in [0.4, 0.5) is 0 Å². The van der Waals surface area contributed by atoms with Crippen LogP contribution in [-0.4, -0.2) is 50.1 Å². The third kappa shape index (κ3) is 4.25. The van der Waals surface area contributed by atoms with Crippen molar-refractivity contribution in [3.05, 3.63) is 65.2 Å². The first-order valence-electron chi connectivity index (χ1n) is 10.4. The molecule has 8 heteroatoms. The van der Waals surface area contributed by atoms with E-state index in [9.17, 15) is 18.0 Å². The summed E-state index contributed by atoms with van der Waals surface area (Å²) in [7, 11) is -3.77. The number of Topliss-reactive ketones (excluding diaryl/α,β-unsaturated/α-hetero) is 1. The van der Waals surface area contributed by atoms with Crippen LogP contribution in [0.3, 0.4) is 0 Å². The number of nitrogens with zero attached hydrogens (tertiary/aromatic N) is 2. The van der Waals surface area contributed by atoms with Crippen LogP contribution in [-0.2, 0) is 26.0 Å². The summed E-state index contributed by atoms with van der Waals surface area (Å²) in [5.41, 5.74) is 2.15. The number of fused-ring (bicyclic) bond motifs is 1. The summed E-state index contributed by atoms with van der Waals surface area (Å²) in [4.78, 5) is 27.0. The van der Waals surface area contributed by atoms with E-state index >= 15 is 0 Å². The van der Waals surface area contributed by atoms with E-state index in [4.69, 9.17) is 4.74 Å². The van der Waals surface area contributed by atoms with Crippen molar-refractivity contribution in [1.82, 2.24) is 4.90 Å². The van der Waals surface area contributed by atoms with E-state index in [1.807, 2.05) is 12.1 Å². The van der Waals surface area contributed by atoms with Crippen LogP contribution in [0.15, 0.2) is 57.8 Å². The zero-order valence-corrected chi connectivity index (χ0v) is 18.1. The number of hydrogen-bond donors (Lipinski definition) is 0. The van der Waals surface area contributed by atoms with Gasteiger partial charge in [-0.05, 0) is 37.0 Å². The normalized spacial score (nSPS) is 19.1. The maximum atomic E-state index is 12.7. The summed E-state index contributed by atoms with van der Waals surface area (Å²) in [6.45, 7) is 2.24. The predicted molar refractivity (Wildman–Crippen MR) is 116 cm³/mol. The van der Waals surface area contributed by atoms with Crippen molar-refractivity contribution in [2.45, 2.75) is 43.5 Å². The zero-order chi connectivity index (χ0) is 22.0. The first-order valence-corrected chi connectivity index (χ1v) is 11.8. The molecule has 0 N–H and O–H groups in total. The third-order valence-electron chi connectivity index (χ3n) is 5.57. The molecule has 31 heavy (non-hydrogen) atoms. The molecule has 2 aromatic rings. The molecule has 2 heterocycles. The number of carbonyl (C=O) groups is 2. The molecular weight excluding hydrogens is 416 g/mol. The molecule has 0 amide bonds. The van der Waals surface area contributed by atoms with E-state index in [-0.39, 0.29) is 23.1 Å². The van der Waals surface area contributed by atoms with E-state index in [1.54, 1.807) is 35.2 Å². The SMILES string of the molecule is CCCc1ccc(C(=O)COC(=O)[C@@H]2CCCN2C2=NS(=O)(=O)c3ccccc32)cc1. The highest BCUT2D eigenvalue weighted by Crippen LogP contribution is 2.31. The molecule has 1 fully saturated rings. The van der Waals surface area contributed by atoms with Gasteiger partial charge in [0.2, 0.25) is 0 Å². The highest BCUT2D eigenvalue weighted by Gasteiger charge is 2.40. The number of sulfonamides is 1. The van der Waals surface area contributed by atoms with Gasteiger partial charge in [0.05, 0.1) is 0 Å². The van der Waals surface area contributed by atoms with E-state index in [1.165, 1.54) is 6.07 Å². The Bertz CT molecular complexity index is 1140. The maximum Gasteiger partial charge on any atom is 0.329 e. The number of benzene rings is 2. The fourth-order valence-electron chi connectivity index (χ4n) is 4.02. The summed E-state index contributed by atoms with van der Waals surface area (Å²) < 4.78 is 33.9. The molecule has 0 aliphatic carbocycles. The average Bonchev–Trinajstić information content (AvgIpc) is 3.35. The van der Waals surface area contributed by atoms with Gasteiger partial charge in [0.15, 0.2) is 18.2 Å². The van der Waals surface area contributed by atoms with Gasteiger partial charge in [0.25, 0.3) is 10.0 Å². The van der Waals surface area contributed by atoms with Crippen molar-refractivity contribution >= 4 is 27.6 Å². The Labute approximate surface area is 181 Å². The Balaban J connectivity index is 1.44. The van der Waals surface area contributed by atoms with Gasteiger partial charge in [-0.15, -0.1) is 4.40 Å². The number of esters is 1. The van der Waals surface area contributed by atoms with E-state index < -0.39 is 22.0 Å². The highest BCUT2D eigenvalue weighted by molar-refractivity contribution is 7.90. The van der Waals surface area contributed by atoms with Crippen molar-refractivity contribution < 1.29 is 22.7 Å². The molecule has 4 rings (SSSR count). The number of aryl methyl sites for hydroxylation is 1. The quantitative estimate of drug-likeness (QED) is 0.506. The van der Waals surface area contributed by atoms with Crippen LogP contribution < -0.4 is 0 Å². The lowest BCUT2D eigenvalue weighted by atomic mass is 10.1. The molecule has 0 aromatic heterocycles. The van der Waals surface area contributed by atoms with Gasteiger partial charge in [-0.2, -0.15) is 8.42 Å². The Hall–Kier alpha value is -3.00. The van der Waals surface area contributed by atoms with Crippen LogP contribution in [0.1, 0.15) is 47.7 Å². The minimum atomic E-state index is -3.77. The van der Waals surface area contributed by atoms with Crippen molar-refractivity contribution in [1.29, 1.82) is 0 Å². The smallest absolute Gasteiger partial charge is 0.329 e. The van der Waals surface area contributed by atoms with E-state index in [0.717, 1.165) is 18.4 Å². The molecule has 0 saturated carbocycles. The molecule has 0 spiro atoms. The molecular formula is C23H24N2O5S. The van der Waals surface area contributed by atoms with Crippen molar-refractivity contribution in [2.24, 2.45) is 4.40 Å². The van der Waals surface area contributed by atoms with Gasteiger partial charge in [0.1, 0.15) is 10.9 Å². The van der Waals surface area contributed by atoms with E-state index in [2.05, 4.69) is 11.3 Å². The van der Waals surface area contributed by atoms with Crippen molar-refractivity contribution in [2.75, 3.05) is 13.2 Å². The molecule has 2 aromatic carbocycles. The minimum absolute atomic E-state index is 0.144. The number of hydrogen-bond acceptors (Lipinski definition) is 6. The van der Waals surface area contributed by atoms with E-state index in [0.29, 0.717) is 30.5 Å². The average molecular weight is 441 g/mol. The van der Waals surface area contributed by atoms with Crippen LogP contribution >= 0.6 is 0 Å². The molecule has 2 aliphatic rings. The minimum Gasteiger partial charge on any atom is -0.456 e. The van der Waals surface area contributed by atoms with Gasteiger partial charge < -0.3 is 9.64 Å². The zero-order valence-electron chi connectivity index (χ0n) is 17.3. The number of carbonyl (C=O) groups excluding carboxylic acids is 2. The number of ether oxygens (including phenoxy) is 1. The molecule has 2 aliphatic heterocycles. The Morgan fingerprint density at radius 1 is 1.13 bits per heavy atom. The van der Waals surface area contributed by atoms with Gasteiger partial charge >= 0.3 is 5.97 Å². The number of ketones is 1. The Morgan fingerprint density at radius 3 is 2.61 bits per heavy atom. The van der Waals surface area contributed by atoms with Gasteiger partial charge in [-0.25, -0.2) is 4.79 Å². The summed E-state index contributed by atoms with van der Waals surface area (Å²) in [6.07, 6.45) is 3.19. The molecule has 0 unspecified atom stereocenters. The van der Waals surface area contributed by atoms with Crippen LogP contribution in [0.25, 0.3) is 0 Å². The van der Waals surface area contributed by atoms with Crippen LogP contribution in [0.5, 0.6) is 0 Å². The molecule has 7 nitrogen and oxygen atoms in total. The summed E-state index contributed by atoms with van der Waals surface area (Å²) in [5, 5.41) is 0. The second-order valence-corrected chi connectivity index (χ2v) is 9.29. The van der Waals surface area contributed by atoms with Gasteiger partial charge in [-0.3, -0.25) is 4.79 Å². The summed E-state index contributed by atoms with van der Waals surface area (Å²) in [6, 6.07) is 13.2. The topological polar surface area (TPSA) is 93.1 Å². The Kier molecular flexibility index (Phi) is 5.91. The van der Waals surface area contributed by atoms with Gasteiger partial charge in [0, 0.05) is 17.7 Å². The first kappa shape index (κ1) is 21.2. The monoisotopic (exact) mass is 440 g/mol. The molecule has 162 valence electrons. The van der Waals surface area contributed by atoms with Crippen LogP contribution in [0, 0.1) is 0 Å². The lowest BCUT2D eigenvalue weighted by Crippen LogP contribution is -2.41. The van der Waals surface area contributed by atoms with Crippen molar-refractivity contribution in [3.8, 4) is 0 Å². The predicted octanol–water partition coefficient (Wildman–Crippen LogP) is 2.98. The highest BCUT2D eigenvalue weighted by atomic mass is 32.2. The molecule has 0 radical (unpaired) electrons. The summed E-state index contributed by atoms with van der Waals surface area (Å²) in [5.74, 6) is -0.544. The largest absolute Gasteiger partial charge is 0.456 e. The number of rotatable bonds is 6. The second-order valence-electron chi connectivity index (χ2n) is 7.72. The molecule has 1 atom stereocenters. The maximum absolute atomic E-state index is 12.7. The number of likely N-dealkylation sites (tertiary alicyclic amines) is 1. The number of amidine groups is 1.